The summed E-state index contributed by atoms with van der Waals surface area (Å²) in [6.07, 6.45) is 0.754. The van der Waals surface area contributed by atoms with E-state index in [2.05, 4.69) is 0 Å². The van der Waals surface area contributed by atoms with Crippen LogP contribution in [0.15, 0.2) is 23.1 Å². The highest BCUT2D eigenvalue weighted by Crippen LogP contribution is 2.34. The van der Waals surface area contributed by atoms with E-state index in [-0.39, 0.29) is 12.8 Å². The lowest BCUT2D eigenvalue weighted by Crippen LogP contribution is -2.58. The number of carboxylic acid groups (broad SMARTS) is 1. The second-order valence-electron chi connectivity index (χ2n) is 4.72. The summed E-state index contributed by atoms with van der Waals surface area (Å²) in [7, 11) is -4.43. The van der Waals surface area contributed by atoms with Crippen LogP contribution < -0.4 is 4.72 Å². The Morgan fingerprint density at radius 2 is 2.05 bits per heavy atom. The summed E-state index contributed by atoms with van der Waals surface area (Å²) in [6, 6.07) is 2.05. The molecule has 2 N–H and O–H groups in total. The van der Waals surface area contributed by atoms with Gasteiger partial charge in [0.15, 0.2) is 0 Å². The fourth-order valence-electron chi connectivity index (χ4n) is 2.02. The van der Waals surface area contributed by atoms with Crippen LogP contribution in [0.3, 0.4) is 0 Å². The first-order chi connectivity index (χ1) is 9.68. The van der Waals surface area contributed by atoms with Crippen LogP contribution in [0.5, 0.6) is 0 Å². The molecule has 0 radical (unpaired) electrons. The van der Waals surface area contributed by atoms with Crippen molar-refractivity contribution in [2.24, 2.45) is 0 Å². The molecule has 8 nitrogen and oxygen atoms in total. The van der Waals surface area contributed by atoms with Crippen molar-refractivity contribution < 1.29 is 27.6 Å². The van der Waals surface area contributed by atoms with Crippen molar-refractivity contribution in [3.05, 3.63) is 34.1 Å². The largest absolute Gasteiger partial charge is 0.480 e. The van der Waals surface area contributed by atoms with Crippen LogP contribution in [0.1, 0.15) is 19.3 Å². The molecular weight excluding hydrogens is 307 g/mol. The number of carboxylic acids is 1. The summed E-state index contributed by atoms with van der Waals surface area (Å²) in [5.41, 5.74) is -2.23. The number of nitro benzene ring substituents is 1. The molecule has 1 aliphatic rings. The molecule has 1 aliphatic carbocycles. The predicted molar refractivity (Wildman–Crippen MR) is 67.6 cm³/mol. The van der Waals surface area contributed by atoms with Gasteiger partial charge in [0.25, 0.3) is 5.69 Å². The van der Waals surface area contributed by atoms with Crippen molar-refractivity contribution >= 4 is 21.7 Å². The summed E-state index contributed by atoms with van der Waals surface area (Å²) in [5.74, 6) is -2.64. The quantitative estimate of drug-likeness (QED) is 0.616. The van der Waals surface area contributed by atoms with E-state index in [4.69, 9.17) is 5.11 Å². The highest BCUT2D eigenvalue weighted by Gasteiger charge is 2.48. The van der Waals surface area contributed by atoms with Gasteiger partial charge in [-0.15, -0.1) is 0 Å². The maximum absolute atomic E-state index is 13.7. The third kappa shape index (κ3) is 2.72. The number of hydrogen-bond donors (Lipinski definition) is 2. The van der Waals surface area contributed by atoms with Crippen molar-refractivity contribution in [2.45, 2.75) is 29.7 Å². The minimum absolute atomic E-state index is 0.107. The Morgan fingerprint density at radius 3 is 2.43 bits per heavy atom. The number of non-ortho nitro benzene ring substituents is 1. The minimum Gasteiger partial charge on any atom is -0.480 e. The van der Waals surface area contributed by atoms with Crippen LogP contribution in [-0.2, 0) is 14.8 Å². The van der Waals surface area contributed by atoms with E-state index < -0.39 is 42.9 Å². The molecule has 0 heterocycles. The predicted octanol–water partition coefficient (Wildman–Crippen LogP) is 1.02. The summed E-state index contributed by atoms with van der Waals surface area (Å²) in [4.78, 5) is 19.9. The normalized spacial score (nSPS) is 17.0. The monoisotopic (exact) mass is 318 g/mol. The number of nitrogens with one attached hydrogen (secondary N) is 1. The zero-order valence-corrected chi connectivity index (χ0v) is 11.4. The van der Waals surface area contributed by atoms with Crippen LogP contribution in [0.25, 0.3) is 0 Å². The van der Waals surface area contributed by atoms with Crippen molar-refractivity contribution in [3.8, 4) is 0 Å². The van der Waals surface area contributed by atoms with Gasteiger partial charge >= 0.3 is 5.97 Å². The van der Waals surface area contributed by atoms with Gasteiger partial charge in [0.2, 0.25) is 10.0 Å². The van der Waals surface area contributed by atoms with Crippen LogP contribution >= 0.6 is 0 Å². The Balaban J connectivity index is 2.36. The fourth-order valence-corrected chi connectivity index (χ4v) is 3.50. The first-order valence-corrected chi connectivity index (χ1v) is 7.38. The molecule has 0 aliphatic heterocycles. The van der Waals surface area contributed by atoms with Crippen LogP contribution in [0.4, 0.5) is 10.1 Å². The highest BCUT2D eigenvalue weighted by molar-refractivity contribution is 7.89. The zero-order chi connectivity index (χ0) is 15.8. The first kappa shape index (κ1) is 15.3. The Morgan fingerprint density at radius 1 is 1.43 bits per heavy atom. The Hall–Kier alpha value is -2.07. The number of benzene rings is 1. The van der Waals surface area contributed by atoms with E-state index >= 15 is 0 Å². The summed E-state index contributed by atoms with van der Waals surface area (Å²) < 4.78 is 39.8. The van der Waals surface area contributed by atoms with Crippen LogP contribution in [0.2, 0.25) is 0 Å². The lowest BCUT2D eigenvalue weighted by molar-refractivity contribution is -0.385. The Kier molecular flexibility index (Phi) is 3.68. The van der Waals surface area contributed by atoms with E-state index in [1.807, 2.05) is 4.72 Å². The Bertz CT molecular complexity index is 713. The molecule has 0 unspecified atom stereocenters. The van der Waals surface area contributed by atoms with Gasteiger partial charge in [-0.25, -0.2) is 12.8 Å². The van der Waals surface area contributed by atoms with Gasteiger partial charge in [-0.3, -0.25) is 14.9 Å². The third-order valence-corrected chi connectivity index (χ3v) is 4.93. The molecule has 0 saturated heterocycles. The standard InChI is InChI=1S/C11H11FN2O6S/c12-8-6-7(14(17)18)2-3-9(8)21(19,20)13-11(10(15)16)4-1-5-11/h2-3,6,13H,1,4-5H2,(H,15,16). The SMILES string of the molecule is O=C(O)C1(NS(=O)(=O)c2ccc([N+](=O)[O-])cc2F)CCC1. The van der Waals surface area contributed by atoms with Gasteiger partial charge in [-0.2, -0.15) is 4.72 Å². The topological polar surface area (TPSA) is 127 Å². The minimum atomic E-state index is -4.43. The summed E-state index contributed by atoms with van der Waals surface area (Å²) in [6.45, 7) is 0. The molecule has 1 aromatic rings. The number of rotatable bonds is 5. The summed E-state index contributed by atoms with van der Waals surface area (Å²) >= 11 is 0. The maximum atomic E-state index is 13.7. The lowest BCUT2D eigenvalue weighted by atomic mass is 9.78. The van der Waals surface area contributed by atoms with Crippen molar-refractivity contribution in [2.75, 3.05) is 0 Å². The molecule has 2 rings (SSSR count). The highest BCUT2D eigenvalue weighted by atomic mass is 32.2. The van der Waals surface area contributed by atoms with Crippen LogP contribution in [-0.4, -0.2) is 30.0 Å². The number of hydrogen-bond acceptors (Lipinski definition) is 5. The second kappa shape index (κ2) is 5.04. The molecule has 1 aromatic carbocycles. The molecule has 0 aromatic heterocycles. The molecule has 0 spiro atoms. The average molecular weight is 318 g/mol. The molecule has 1 saturated carbocycles. The second-order valence-corrected chi connectivity index (χ2v) is 6.37. The Labute approximate surface area is 118 Å². The number of nitro groups is 1. The smallest absolute Gasteiger partial charge is 0.324 e. The van der Waals surface area contributed by atoms with Gasteiger partial charge in [0.1, 0.15) is 16.3 Å². The van der Waals surface area contributed by atoms with Gasteiger partial charge in [-0.05, 0) is 25.3 Å². The number of carbonyl (C=O) groups is 1. The van der Waals surface area contributed by atoms with Crippen molar-refractivity contribution in [1.82, 2.24) is 4.72 Å². The summed E-state index contributed by atoms with van der Waals surface area (Å²) in [5, 5.41) is 19.6. The molecule has 10 heteroatoms. The van der Waals surface area contributed by atoms with Crippen molar-refractivity contribution in [1.29, 1.82) is 0 Å². The van der Waals surface area contributed by atoms with E-state index in [0.717, 1.165) is 12.1 Å². The maximum Gasteiger partial charge on any atom is 0.324 e. The number of sulfonamides is 1. The molecule has 0 amide bonds. The van der Waals surface area contributed by atoms with Gasteiger partial charge < -0.3 is 5.11 Å². The average Bonchev–Trinajstić information content (AvgIpc) is 2.32. The first-order valence-electron chi connectivity index (χ1n) is 5.89. The molecule has 1 fully saturated rings. The van der Waals surface area contributed by atoms with Crippen LogP contribution in [0, 0.1) is 15.9 Å². The number of nitrogens with zero attached hydrogens (tertiary/aromatic N) is 1. The zero-order valence-electron chi connectivity index (χ0n) is 10.6. The molecule has 0 atom stereocenters. The number of aliphatic carboxylic acids is 1. The molecular formula is C11H11FN2O6S. The lowest BCUT2D eigenvalue weighted by Gasteiger charge is -2.37. The van der Waals surface area contributed by atoms with E-state index in [9.17, 15) is 27.7 Å². The van der Waals surface area contributed by atoms with Crippen molar-refractivity contribution in [3.63, 3.8) is 0 Å². The molecule has 114 valence electrons. The van der Waals surface area contributed by atoms with E-state index in [1.54, 1.807) is 0 Å². The number of halogens is 1. The van der Waals surface area contributed by atoms with Gasteiger partial charge in [0, 0.05) is 6.07 Å². The van der Waals surface area contributed by atoms with E-state index in [1.165, 1.54) is 0 Å². The van der Waals surface area contributed by atoms with Gasteiger partial charge in [-0.1, -0.05) is 0 Å². The van der Waals surface area contributed by atoms with Gasteiger partial charge in [0.05, 0.1) is 11.0 Å². The molecule has 0 bridgehead atoms. The fraction of sp³-hybridized carbons (Fsp3) is 0.364. The van der Waals surface area contributed by atoms with E-state index in [0.29, 0.717) is 12.5 Å². The molecule has 21 heavy (non-hydrogen) atoms. The third-order valence-electron chi connectivity index (χ3n) is 3.36.